The van der Waals surface area contributed by atoms with Crippen LogP contribution < -0.4 is 49.6 Å². The van der Waals surface area contributed by atoms with Crippen molar-refractivity contribution >= 4 is 102 Å². The van der Waals surface area contributed by atoms with Crippen LogP contribution in [0.5, 0.6) is 23.0 Å². The Bertz CT molecular complexity index is 3830. The lowest BCUT2D eigenvalue weighted by Crippen LogP contribution is -2.39. The summed E-state index contributed by atoms with van der Waals surface area (Å²) in [6.45, 7) is 17.8. The van der Waals surface area contributed by atoms with Gasteiger partial charge in [-0.2, -0.15) is 0 Å². The van der Waals surface area contributed by atoms with Gasteiger partial charge in [-0.05, 0) is 116 Å². The summed E-state index contributed by atoms with van der Waals surface area (Å²) in [7, 11) is 1.76. The summed E-state index contributed by atoms with van der Waals surface area (Å²) in [5.41, 5.74) is 14.5. The molecule has 6 aliphatic heterocycles. The van der Waals surface area contributed by atoms with Crippen LogP contribution >= 0.6 is 61.2 Å². The SMILES string of the molecule is CCCCN1CCCc2cc3c(cc21)Oc1cc2c(cc1=C3c1ccccc1C(=O)N(C)CCCC(=O)O)CCC[N+]=2CCCC.CCCCN1CCCc2cc3c(cc21)Oc1cc2c(cc1=C3c1ccccc1C(=O)O)CCC[N+]=2CCCC.I.II. The standard InChI is InChI=1S/C39H47N3O4.C34H38N2O3.I2.HI/c1-4-6-19-41-21-10-13-27-23-31-35(25-33(27)41)46-36-26-34-28(14-11-22-42(34)20-7-5-2)24-32(36)38(31)29-15-8-9-16-30(29)39(45)40(3)18-12-17-37(43)44;1-3-5-15-35-17-9-11-23-19-27-31(21-29(23)35)39-32-22-30-24(12-10-18-36(30)16-6-4-2)20-28(32)33(27)25-13-7-8-14-26(25)34(37)38;1-2;/h8-9,15-16,23-26H,4-7,10-14,17-22H2,1-3H3;7-8,13-14,19-22H,3-6,9-12,15-18H2,1-2H3;;1H/p+2. The molecule has 0 saturated heterocycles. The highest BCUT2D eigenvalue weighted by molar-refractivity contribution is 15.0. The molecule has 0 aromatic heterocycles. The number of aromatic carboxylic acids is 1. The van der Waals surface area contributed by atoms with E-state index in [2.05, 4.69) is 138 Å². The molecule has 6 aromatic rings. The first-order valence-corrected chi connectivity index (χ1v) is 38.6. The molecule has 6 aromatic carbocycles. The molecule has 6 aliphatic rings. The number of aryl methyl sites for hydroxylation is 4. The van der Waals surface area contributed by atoms with E-state index in [-0.39, 0.29) is 36.3 Å². The second-order valence-electron chi connectivity index (χ2n) is 24.3. The predicted octanol–water partition coefficient (Wildman–Crippen LogP) is 13.7. The number of nitrogens with zero attached hydrogens (tertiary/aromatic N) is 5. The zero-order valence-corrected chi connectivity index (χ0v) is 58.8. The average Bonchev–Trinajstić information content (AvgIpc) is 1.28. The fourth-order valence-corrected chi connectivity index (χ4v) is 13.9. The number of carboxylic acid groups (broad SMARTS) is 2. The number of carbonyl (C=O) groups is 3. The van der Waals surface area contributed by atoms with Gasteiger partial charge in [0.1, 0.15) is 49.2 Å². The minimum Gasteiger partial charge on any atom is -0.481 e. The highest BCUT2D eigenvalue weighted by atomic mass is 128. The summed E-state index contributed by atoms with van der Waals surface area (Å²) in [6.07, 6.45) is 18.4. The van der Waals surface area contributed by atoms with Crippen molar-refractivity contribution in [3.05, 3.63) is 174 Å². The van der Waals surface area contributed by atoms with Crippen molar-refractivity contribution in [3.8, 4) is 23.0 Å². The van der Waals surface area contributed by atoms with E-state index in [0.717, 1.165) is 196 Å². The van der Waals surface area contributed by atoms with E-state index in [0.29, 0.717) is 24.1 Å². The van der Waals surface area contributed by atoms with E-state index >= 15 is 0 Å². The molecule has 15 heteroatoms. The number of carbonyl (C=O) groups excluding carboxylic acids is 1. The van der Waals surface area contributed by atoms with Gasteiger partial charge in [-0.25, -0.2) is 13.9 Å². The summed E-state index contributed by atoms with van der Waals surface area (Å²) in [4.78, 5) is 44.2. The molecule has 1 amide bonds. The number of amides is 1. The number of hydrogen-bond acceptors (Lipinski definition) is 7. The highest BCUT2D eigenvalue weighted by Crippen LogP contribution is 2.45. The van der Waals surface area contributed by atoms with Crippen LogP contribution in [-0.2, 0) is 30.5 Å². The van der Waals surface area contributed by atoms with E-state index in [1.54, 1.807) is 18.0 Å². The molecule has 2 N–H and O–H groups in total. The van der Waals surface area contributed by atoms with Crippen LogP contribution in [0, 0.1) is 0 Å². The molecule has 12 nitrogen and oxygen atoms in total. The fraction of sp³-hybridized carbons (Fsp3) is 0.438. The zero-order chi connectivity index (χ0) is 61.1. The molecule has 0 aliphatic carbocycles. The maximum Gasteiger partial charge on any atom is 0.336 e. The van der Waals surface area contributed by atoms with Crippen molar-refractivity contribution in [3.63, 3.8) is 0 Å². The third-order valence-electron chi connectivity index (χ3n) is 18.3. The number of halogens is 3. The molecular weight excluding hydrogens is 1440 g/mol. The van der Waals surface area contributed by atoms with Gasteiger partial charge in [-0.15, -0.1) is 24.0 Å². The second-order valence-corrected chi connectivity index (χ2v) is 24.3. The number of unbranched alkanes of at least 4 members (excludes halogenated alkanes) is 4. The number of fused-ring (bicyclic) bond motifs is 8. The van der Waals surface area contributed by atoms with Gasteiger partial charge in [0.15, 0.2) is 0 Å². The van der Waals surface area contributed by atoms with Crippen LogP contribution in [0.15, 0.2) is 97.1 Å². The summed E-state index contributed by atoms with van der Waals surface area (Å²) >= 11 is 4.24. The molecule has 0 unspecified atom stereocenters. The van der Waals surface area contributed by atoms with Crippen LogP contribution in [0.25, 0.3) is 11.1 Å². The van der Waals surface area contributed by atoms with Gasteiger partial charge >= 0.3 is 11.9 Å². The summed E-state index contributed by atoms with van der Waals surface area (Å²) in [5, 5.41) is 23.9. The van der Waals surface area contributed by atoms with Crippen molar-refractivity contribution in [1.29, 1.82) is 0 Å². The van der Waals surface area contributed by atoms with Gasteiger partial charge in [0.05, 0.1) is 17.7 Å². The number of rotatable bonds is 20. The van der Waals surface area contributed by atoms with Gasteiger partial charge in [-0.1, -0.05) is 89.8 Å². The lowest BCUT2D eigenvalue weighted by Gasteiger charge is -2.33. The molecule has 0 spiro atoms. The molecule has 6 heterocycles. The zero-order valence-electron chi connectivity index (χ0n) is 52.2. The molecule has 0 bridgehead atoms. The number of hydrogen-bond donors (Lipinski definition) is 2. The molecular formula is C73H88I3N5O7+2. The molecule has 466 valence electrons. The summed E-state index contributed by atoms with van der Waals surface area (Å²) in [5.74, 6) is 1.50. The van der Waals surface area contributed by atoms with Crippen LogP contribution in [0.1, 0.15) is 183 Å². The van der Waals surface area contributed by atoms with E-state index in [1.165, 1.54) is 70.0 Å². The quantitative estimate of drug-likeness (QED) is 0.0567. The Labute approximate surface area is 560 Å². The summed E-state index contributed by atoms with van der Waals surface area (Å²) in [6, 6.07) is 33.5. The first-order valence-electron chi connectivity index (χ1n) is 32.3. The van der Waals surface area contributed by atoms with E-state index < -0.39 is 11.9 Å². The number of anilines is 2. The molecule has 88 heavy (non-hydrogen) atoms. The maximum atomic E-state index is 14.0. The molecule has 12 rings (SSSR count). The predicted molar refractivity (Wildman–Crippen MR) is 384 cm³/mol. The van der Waals surface area contributed by atoms with Gasteiger partial charge in [0.2, 0.25) is 10.7 Å². The van der Waals surface area contributed by atoms with Gasteiger partial charge in [0.25, 0.3) is 5.91 Å². The van der Waals surface area contributed by atoms with Crippen LogP contribution in [-0.4, -0.2) is 98.9 Å². The Morgan fingerprint density at radius 3 is 1.43 bits per heavy atom. The highest BCUT2D eigenvalue weighted by Gasteiger charge is 2.33. The minimum absolute atomic E-state index is 0. The normalized spacial score (nSPS) is 14.9. The van der Waals surface area contributed by atoms with Gasteiger partial charge < -0.3 is 34.4 Å². The Balaban J connectivity index is 0.000000204. The van der Waals surface area contributed by atoms with E-state index in [9.17, 15) is 19.5 Å². The van der Waals surface area contributed by atoms with Crippen LogP contribution in [0.2, 0.25) is 0 Å². The summed E-state index contributed by atoms with van der Waals surface area (Å²) < 4.78 is 18.6. The minimum atomic E-state index is -0.903. The number of ether oxygens (including phenoxy) is 2. The average molecular weight is 1530 g/mol. The Kier molecular flexibility index (Phi) is 23.9. The van der Waals surface area contributed by atoms with Crippen molar-refractivity contribution < 1.29 is 34.1 Å². The Morgan fingerprint density at radius 2 is 0.977 bits per heavy atom. The number of benzene rings is 6. The fourth-order valence-electron chi connectivity index (χ4n) is 13.9. The van der Waals surface area contributed by atoms with Gasteiger partial charge in [0, 0.05) is 182 Å². The van der Waals surface area contributed by atoms with Crippen LogP contribution in [0.4, 0.5) is 11.4 Å². The lowest BCUT2D eigenvalue weighted by atomic mass is 9.86. The smallest absolute Gasteiger partial charge is 0.336 e. The Morgan fingerprint density at radius 1 is 0.534 bits per heavy atom. The van der Waals surface area contributed by atoms with Crippen molar-refractivity contribution in [1.82, 2.24) is 14.1 Å². The molecule has 0 radical (unpaired) electrons. The third-order valence-corrected chi connectivity index (χ3v) is 18.3. The van der Waals surface area contributed by atoms with Gasteiger partial charge in [-0.3, -0.25) is 9.59 Å². The van der Waals surface area contributed by atoms with E-state index in [1.807, 2.05) is 36.4 Å². The molecule has 0 atom stereocenters. The maximum absolute atomic E-state index is 14.0. The Hall–Kier alpha value is -5.54. The third kappa shape index (κ3) is 14.6. The first kappa shape index (κ1) is 66.9. The van der Waals surface area contributed by atoms with E-state index in [4.69, 9.17) is 14.6 Å². The topological polar surface area (TPSA) is 126 Å². The van der Waals surface area contributed by atoms with Crippen molar-refractivity contribution in [2.75, 3.05) is 75.8 Å². The van der Waals surface area contributed by atoms with Crippen molar-refractivity contribution in [2.45, 2.75) is 143 Å². The van der Waals surface area contributed by atoms with Crippen LogP contribution in [0.3, 0.4) is 0 Å². The number of aliphatic carboxylic acids is 1. The van der Waals surface area contributed by atoms with Crippen molar-refractivity contribution in [2.24, 2.45) is 0 Å². The molecule has 0 fully saturated rings. The second kappa shape index (κ2) is 31.5. The number of carboxylic acids is 2. The first-order chi connectivity index (χ1) is 42.5. The lowest BCUT2D eigenvalue weighted by molar-refractivity contribution is -0.137. The monoisotopic (exact) mass is 1530 g/mol. The largest absolute Gasteiger partial charge is 0.481 e. The molecule has 0 saturated carbocycles.